The zero-order valence-electron chi connectivity index (χ0n) is 14.7. The third-order valence-corrected chi connectivity index (χ3v) is 5.00. The summed E-state index contributed by atoms with van der Waals surface area (Å²) in [5, 5.41) is 6.62. The summed E-state index contributed by atoms with van der Waals surface area (Å²) in [7, 11) is 0. The number of halogens is 4. The standard InChI is InChI=1S/C18H15ClF3N5O/c1-9-6-14(11-7-23-5-4-13(11)19)25-16-12(8-24-27(9)16)17(28)26-15(10-2-3-10)18(20,21)22/h4-8,10,15H,2-3H2,1H3,(H,26,28). The van der Waals surface area contributed by atoms with Gasteiger partial charge in [0.1, 0.15) is 11.6 Å². The number of carbonyl (C=O) groups is 1. The van der Waals surface area contributed by atoms with Gasteiger partial charge >= 0.3 is 6.18 Å². The highest BCUT2D eigenvalue weighted by Crippen LogP contribution is 2.40. The minimum absolute atomic E-state index is 0.0279. The van der Waals surface area contributed by atoms with Gasteiger partial charge in [-0.3, -0.25) is 9.78 Å². The first-order valence-electron chi connectivity index (χ1n) is 8.58. The molecule has 0 saturated heterocycles. The van der Waals surface area contributed by atoms with Crippen LogP contribution < -0.4 is 5.32 Å². The molecule has 3 aromatic rings. The van der Waals surface area contributed by atoms with E-state index in [1.165, 1.54) is 23.1 Å². The van der Waals surface area contributed by atoms with Crippen LogP contribution in [-0.4, -0.2) is 37.7 Å². The van der Waals surface area contributed by atoms with Crippen LogP contribution in [0.25, 0.3) is 16.9 Å². The second-order valence-electron chi connectivity index (χ2n) is 6.76. The van der Waals surface area contributed by atoms with Crippen molar-refractivity contribution in [3.05, 3.63) is 47.0 Å². The smallest absolute Gasteiger partial charge is 0.340 e. The summed E-state index contributed by atoms with van der Waals surface area (Å²) in [6.07, 6.45) is 0.672. The van der Waals surface area contributed by atoms with Crippen molar-refractivity contribution in [1.29, 1.82) is 0 Å². The van der Waals surface area contributed by atoms with Gasteiger partial charge < -0.3 is 5.32 Å². The first-order valence-corrected chi connectivity index (χ1v) is 8.96. The van der Waals surface area contributed by atoms with Crippen LogP contribution in [0.5, 0.6) is 0 Å². The molecule has 146 valence electrons. The molecule has 0 bridgehead atoms. The number of pyridine rings is 1. The number of carbonyl (C=O) groups excluding carboxylic acids is 1. The van der Waals surface area contributed by atoms with Crippen LogP contribution in [0.4, 0.5) is 13.2 Å². The Balaban J connectivity index is 1.74. The maximum Gasteiger partial charge on any atom is 0.408 e. The molecule has 10 heteroatoms. The lowest BCUT2D eigenvalue weighted by Crippen LogP contribution is -2.46. The number of nitrogens with zero attached hydrogens (tertiary/aromatic N) is 4. The van der Waals surface area contributed by atoms with E-state index < -0.39 is 24.0 Å². The average molecular weight is 410 g/mol. The van der Waals surface area contributed by atoms with Gasteiger partial charge in [0.2, 0.25) is 0 Å². The number of aryl methyl sites for hydroxylation is 1. The molecule has 0 aromatic carbocycles. The number of nitrogens with one attached hydrogen (secondary N) is 1. The molecule has 1 N–H and O–H groups in total. The molecular formula is C18H15ClF3N5O. The highest BCUT2D eigenvalue weighted by Gasteiger charge is 2.49. The number of rotatable bonds is 4. The third-order valence-electron chi connectivity index (χ3n) is 4.67. The van der Waals surface area contributed by atoms with E-state index in [9.17, 15) is 18.0 Å². The normalized spacial score (nSPS) is 15.6. The molecule has 1 fully saturated rings. The summed E-state index contributed by atoms with van der Waals surface area (Å²) in [6, 6.07) is 1.45. The Bertz CT molecular complexity index is 1060. The van der Waals surface area contributed by atoms with Crippen molar-refractivity contribution in [2.24, 2.45) is 5.92 Å². The van der Waals surface area contributed by atoms with Gasteiger partial charge in [-0.2, -0.15) is 18.3 Å². The topological polar surface area (TPSA) is 72.2 Å². The van der Waals surface area contributed by atoms with Gasteiger partial charge in [-0.25, -0.2) is 9.50 Å². The summed E-state index contributed by atoms with van der Waals surface area (Å²) >= 11 is 6.19. The lowest BCUT2D eigenvalue weighted by molar-refractivity contribution is -0.158. The van der Waals surface area contributed by atoms with Gasteiger partial charge in [0.15, 0.2) is 5.65 Å². The minimum atomic E-state index is -4.50. The van der Waals surface area contributed by atoms with Crippen LogP contribution in [0.2, 0.25) is 5.02 Å². The lowest BCUT2D eigenvalue weighted by Gasteiger charge is -2.20. The van der Waals surface area contributed by atoms with Gasteiger partial charge in [-0.1, -0.05) is 11.6 Å². The Morgan fingerprint density at radius 1 is 1.36 bits per heavy atom. The van der Waals surface area contributed by atoms with Crippen molar-refractivity contribution in [2.45, 2.75) is 32.0 Å². The highest BCUT2D eigenvalue weighted by atomic mass is 35.5. The Kier molecular flexibility index (Phi) is 4.49. The van der Waals surface area contributed by atoms with E-state index in [1.807, 2.05) is 0 Å². The summed E-state index contributed by atoms with van der Waals surface area (Å²) in [5.41, 5.74) is 1.78. The molecule has 0 radical (unpaired) electrons. The number of fused-ring (bicyclic) bond motifs is 1. The van der Waals surface area contributed by atoms with Crippen LogP contribution in [0, 0.1) is 12.8 Å². The van der Waals surface area contributed by atoms with Crippen molar-refractivity contribution in [1.82, 2.24) is 24.9 Å². The second kappa shape index (κ2) is 6.73. The maximum absolute atomic E-state index is 13.2. The maximum atomic E-state index is 13.2. The Hall–Kier alpha value is -2.68. The van der Waals surface area contributed by atoms with Gasteiger partial charge in [-0.15, -0.1) is 0 Å². The van der Waals surface area contributed by atoms with Crippen LogP contribution in [0.1, 0.15) is 28.9 Å². The first kappa shape index (κ1) is 18.7. The Morgan fingerprint density at radius 2 is 2.11 bits per heavy atom. The molecule has 1 aliphatic carbocycles. The number of aromatic nitrogens is 4. The average Bonchev–Trinajstić information content (AvgIpc) is 3.37. The van der Waals surface area contributed by atoms with Gasteiger partial charge in [0.25, 0.3) is 5.91 Å². The predicted octanol–water partition coefficient (Wildman–Crippen LogP) is 3.82. The molecule has 3 aromatic heterocycles. The van der Waals surface area contributed by atoms with Crippen molar-refractivity contribution in [3.8, 4) is 11.3 Å². The number of hydrogen-bond acceptors (Lipinski definition) is 4. The molecule has 0 aliphatic heterocycles. The molecule has 3 heterocycles. The first-order chi connectivity index (χ1) is 13.3. The van der Waals surface area contributed by atoms with E-state index in [2.05, 4.69) is 20.4 Å². The SMILES string of the molecule is Cc1cc(-c2cnccc2Cl)nc2c(C(=O)NC(C3CC3)C(F)(F)F)cnn12. The molecule has 1 saturated carbocycles. The number of amides is 1. The fraction of sp³-hybridized carbons (Fsp3) is 0.333. The zero-order chi connectivity index (χ0) is 20.1. The van der Waals surface area contributed by atoms with E-state index in [0.29, 0.717) is 34.8 Å². The molecule has 6 nitrogen and oxygen atoms in total. The van der Waals surface area contributed by atoms with Crippen LogP contribution in [0.15, 0.2) is 30.7 Å². The molecule has 1 aliphatic rings. The molecule has 28 heavy (non-hydrogen) atoms. The Labute approximate surface area is 162 Å². The largest absolute Gasteiger partial charge is 0.408 e. The zero-order valence-corrected chi connectivity index (χ0v) is 15.4. The summed E-state index contributed by atoms with van der Waals surface area (Å²) in [5.74, 6) is -1.43. The van der Waals surface area contributed by atoms with Crippen LogP contribution in [0.3, 0.4) is 0 Å². The van der Waals surface area contributed by atoms with E-state index in [1.54, 1.807) is 19.1 Å². The fourth-order valence-corrected chi connectivity index (χ4v) is 3.29. The van der Waals surface area contributed by atoms with Crippen LogP contribution >= 0.6 is 11.6 Å². The molecule has 1 unspecified atom stereocenters. The van der Waals surface area contributed by atoms with E-state index in [-0.39, 0.29) is 11.2 Å². The Morgan fingerprint density at radius 3 is 2.75 bits per heavy atom. The summed E-state index contributed by atoms with van der Waals surface area (Å²) in [4.78, 5) is 21.0. The molecule has 1 amide bonds. The van der Waals surface area contributed by atoms with Gasteiger partial charge in [0.05, 0.1) is 16.9 Å². The predicted molar refractivity (Wildman–Crippen MR) is 96.0 cm³/mol. The molecular weight excluding hydrogens is 395 g/mol. The summed E-state index contributed by atoms with van der Waals surface area (Å²) < 4.78 is 41.1. The van der Waals surface area contributed by atoms with Gasteiger partial charge in [0, 0.05) is 23.7 Å². The van der Waals surface area contributed by atoms with Crippen LogP contribution in [-0.2, 0) is 0 Å². The molecule has 0 spiro atoms. The fourth-order valence-electron chi connectivity index (χ4n) is 3.09. The van der Waals surface area contributed by atoms with Crippen molar-refractivity contribution >= 4 is 23.2 Å². The molecule has 1 atom stereocenters. The van der Waals surface area contributed by atoms with Crippen molar-refractivity contribution in [3.63, 3.8) is 0 Å². The van der Waals surface area contributed by atoms with Crippen molar-refractivity contribution in [2.75, 3.05) is 0 Å². The van der Waals surface area contributed by atoms with E-state index >= 15 is 0 Å². The van der Waals surface area contributed by atoms with Gasteiger partial charge in [-0.05, 0) is 37.8 Å². The monoisotopic (exact) mass is 409 g/mol. The van der Waals surface area contributed by atoms with E-state index in [0.717, 1.165) is 0 Å². The quantitative estimate of drug-likeness (QED) is 0.711. The lowest BCUT2D eigenvalue weighted by atomic mass is 10.1. The number of hydrogen-bond donors (Lipinski definition) is 1. The second-order valence-corrected chi connectivity index (χ2v) is 7.17. The summed E-state index contributed by atoms with van der Waals surface area (Å²) in [6.45, 7) is 1.75. The highest BCUT2D eigenvalue weighted by molar-refractivity contribution is 6.33. The van der Waals surface area contributed by atoms with Crippen molar-refractivity contribution < 1.29 is 18.0 Å². The molecule has 4 rings (SSSR count). The van der Waals surface area contributed by atoms with E-state index in [4.69, 9.17) is 11.6 Å². The number of alkyl halides is 3. The third kappa shape index (κ3) is 3.42. The minimum Gasteiger partial charge on any atom is -0.340 e.